The second-order valence-electron chi connectivity index (χ2n) is 3.28. The van der Waals surface area contributed by atoms with Crippen molar-refractivity contribution in [3.8, 4) is 0 Å². The van der Waals surface area contributed by atoms with Gasteiger partial charge in [-0.3, -0.25) is 0 Å². The number of hydrogen-bond acceptors (Lipinski definition) is 5. The lowest BCUT2D eigenvalue weighted by molar-refractivity contribution is 0.282. The van der Waals surface area contributed by atoms with Crippen LogP contribution in [0.5, 0.6) is 0 Å². The van der Waals surface area contributed by atoms with Crippen LogP contribution < -0.4 is 5.32 Å². The second-order valence-corrected chi connectivity index (χ2v) is 4.03. The van der Waals surface area contributed by atoms with Crippen LogP contribution in [0.15, 0.2) is 0 Å². The highest BCUT2D eigenvalue weighted by Gasteiger charge is 2.05. The van der Waals surface area contributed by atoms with Gasteiger partial charge in [0.1, 0.15) is 5.82 Å². The first-order chi connectivity index (χ1) is 6.76. The van der Waals surface area contributed by atoms with Gasteiger partial charge in [-0.15, -0.1) is 0 Å². The molecule has 1 unspecified atom stereocenters. The fourth-order valence-corrected chi connectivity index (χ4v) is 1.90. The van der Waals surface area contributed by atoms with E-state index in [0.717, 1.165) is 30.2 Å². The average molecular weight is 215 g/mol. The average Bonchev–Trinajstić information content (AvgIpc) is 2.62. The number of aromatic nitrogens is 2. The topological polar surface area (TPSA) is 58.0 Å². The molecule has 0 radical (unpaired) electrons. The fraction of sp³-hybridized carbons (Fsp3) is 0.778. The van der Waals surface area contributed by atoms with E-state index in [4.69, 9.17) is 5.11 Å². The standard InChI is InChI=1S/C9H17N3OS/c1-3-8-11-9(14-12-8)10-7(2)5-4-6-13/h7,13H,3-6H2,1-2H3,(H,10,11,12). The highest BCUT2D eigenvalue weighted by atomic mass is 32.1. The molecular formula is C9H17N3OS. The maximum absolute atomic E-state index is 8.67. The minimum Gasteiger partial charge on any atom is -0.396 e. The Bertz CT molecular complexity index is 264. The summed E-state index contributed by atoms with van der Waals surface area (Å²) in [5, 5.41) is 12.8. The van der Waals surface area contributed by atoms with Gasteiger partial charge in [0.2, 0.25) is 5.13 Å². The molecule has 0 bridgehead atoms. The van der Waals surface area contributed by atoms with E-state index in [9.17, 15) is 0 Å². The molecule has 1 aromatic heterocycles. The third-order valence-corrected chi connectivity index (χ3v) is 2.63. The largest absolute Gasteiger partial charge is 0.396 e. The monoisotopic (exact) mass is 215 g/mol. The molecule has 0 saturated heterocycles. The van der Waals surface area contributed by atoms with Crippen molar-refractivity contribution in [2.45, 2.75) is 39.2 Å². The van der Waals surface area contributed by atoms with Crippen LogP contribution >= 0.6 is 11.5 Å². The molecule has 0 fully saturated rings. The number of nitrogens with zero attached hydrogens (tertiary/aromatic N) is 2. The Kier molecular flexibility index (Phi) is 4.82. The summed E-state index contributed by atoms with van der Waals surface area (Å²) in [6.45, 7) is 4.38. The van der Waals surface area contributed by atoms with Crippen LogP contribution in [-0.4, -0.2) is 27.1 Å². The van der Waals surface area contributed by atoms with Crippen LogP contribution in [0.25, 0.3) is 0 Å². The van der Waals surface area contributed by atoms with Gasteiger partial charge in [0.05, 0.1) is 0 Å². The highest BCUT2D eigenvalue weighted by Crippen LogP contribution is 2.13. The molecular weight excluding hydrogens is 198 g/mol. The maximum atomic E-state index is 8.67. The predicted molar refractivity (Wildman–Crippen MR) is 58.7 cm³/mol. The zero-order valence-corrected chi connectivity index (χ0v) is 9.47. The Morgan fingerprint density at radius 1 is 1.57 bits per heavy atom. The van der Waals surface area contributed by atoms with E-state index >= 15 is 0 Å². The minimum atomic E-state index is 0.252. The zero-order chi connectivity index (χ0) is 10.4. The summed E-state index contributed by atoms with van der Waals surface area (Å²) < 4.78 is 4.19. The van der Waals surface area contributed by atoms with Gasteiger partial charge in [-0.1, -0.05) is 6.92 Å². The molecule has 0 aliphatic carbocycles. The van der Waals surface area contributed by atoms with Crippen molar-refractivity contribution in [2.75, 3.05) is 11.9 Å². The van der Waals surface area contributed by atoms with Gasteiger partial charge >= 0.3 is 0 Å². The summed E-state index contributed by atoms with van der Waals surface area (Å²) in [5.74, 6) is 0.895. The van der Waals surface area contributed by atoms with E-state index < -0.39 is 0 Å². The van der Waals surface area contributed by atoms with Crippen molar-refractivity contribution in [3.63, 3.8) is 0 Å². The summed E-state index contributed by atoms with van der Waals surface area (Å²) in [7, 11) is 0. The Hall–Kier alpha value is -0.680. The van der Waals surface area contributed by atoms with Crippen LogP contribution in [-0.2, 0) is 6.42 Å². The minimum absolute atomic E-state index is 0.252. The zero-order valence-electron chi connectivity index (χ0n) is 8.66. The fourth-order valence-electron chi connectivity index (χ4n) is 1.14. The van der Waals surface area contributed by atoms with Gasteiger partial charge < -0.3 is 10.4 Å². The summed E-state index contributed by atoms with van der Waals surface area (Å²) in [6, 6.07) is 0.347. The molecule has 0 aromatic carbocycles. The van der Waals surface area contributed by atoms with Crippen molar-refractivity contribution in [2.24, 2.45) is 0 Å². The summed E-state index contributed by atoms with van der Waals surface area (Å²) in [5.41, 5.74) is 0. The van der Waals surface area contributed by atoms with Crippen LogP contribution in [0.4, 0.5) is 5.13 Å². The molecule has 1 aromatic rings. The van der Waals surface area contributed by atoms with Gasteiger partial charge in [-0.05, 0) is 19.8 Å². The molecule has 1 atom stereocenters. The van der Waals surface area contributed by atoms with Crippen molar-refractivity contribution < 1.29 is 5.11 Å². The Labute approximate surface area is 88.6 Å². The van der Waals surface area contributed by atoms with Gasteiger partial charge in [0.25, 0.3) is 0 Å². The molecule has 0 amide bonds. The number of aryl methyl sites for hydroxylation is 1. The normalized spacial score (nSPS) is 12.8. The van der Waals surface area contributed by atoms with E-state index in [2.05, 4.69) is 21.6 Å². The number of nitrogens with one attached hydrogen (secondary N) is 1. The van der Waals surface area contributed by atoms with E-state index in [-0.39, 0.29) is 6.61 Å². The van der Waals surface area contributed by atoms with Crippen LogP contribution in [0.3, 0.4) is 0 Å². The summed E-state index contributed by atoms with van der Waals surface area (Å²) in [4.78, 5) is 4.31. The smallest absolute Gasteiger partial charge is 0.202 e. The molecule has 4 nitrogen and oxygen atoms in total. The van der Waals surface area contributed by atoms with Gasteiger partial charge in [-0.2, -0.15) is 4.37 Å². The number of hydrogen-bond donors (Lipinski definition) is 2. The molecule has 0 spiro atoms. The third-order valence-electron chi connectivity index (χ3n) is 1.95. The molecule has 1 rings (SSSR count). The quantitative estimate of drug-likeness (QED) is 0.758. The molecule has 80 valence electrons. The van der Waals surface area contributed by atoms with E-state index in [1.807, 2.05) is 6.92 Å². The van der Waals surface area contributed by atoms with Crippen molar-refractivity contribution in [3.05, 3.63) is 5.82 Å². The van der Waals surface area contributed by atoms with E-state index in [1.54, 1.807) is 0 Å². The van der Waals surface area contributed by atoms with Gasteiger partial charge in [0.15, 0.2) is 0 Å². The van der Waals surface area contributed by atoms with Crippen LogP contribution in [0, 0.1) is 0 Å². The van der Waals surface area contributed by atoms with Crippen LogP contribution in [0.2, 0.25) is 0 Å². The summed E-state index contributed by atoms with van der Waals surface area (Å²) >= 11 is 1.40. The first kappa shape index (κ1) is 11.4. The second kappa shape index (κ2) is 5.93. The molecule has 5 heteroatoms. The van der Waals surface area contributed by atoms with Gasteiger partial charge in [0, 0.05) is 30.6 Å². The first-order valence-electron chi connectivity index (χ1n) is 4.96. The third kappa shape index (κ3) is 3.59. The molecule has 0 saturated carbocycles. The lowest BCUT2D eigenvalue weighted by atomic mass is 10.2. The lowest BCUT2D eigenvalue weighted by Crippen LogP contribution is -2.15. The van der Waals surface area contributed by atoms with Crippen molar-refractivity contribution >= 4 is 16.7 Å². The lowest BCUT2D eigenvalue weighted by Gasteiger charge is -2.10. The van der Waals surface area contributed by atoms with Crippen LogP contribution in [0.1, 0.15) is 32.5 Å². The number of aliphatic hydroxyl groups is 1. The number of aliphatic hydroxyl groups excluding tert-OH is 1. The Morgan fingerprint density at radius 3 is 2.93 bits per heavy atom. The van der Waals surface area contributed by atoms with E-state index in [1.165, 1.54) is 11.5 Å². The van der Waals surface area contributed by atoms with E-state index in [0.29, 0.717) is 6.04 Å². The molecule has 2 N–H and O–H groups in total. The predicted octanol–water partition coefficient (Wildman–Crippen LogP) is 1.67. The Morgan fingerprint density at radius 2 is 2.36 bits per heavy atom. The molecule has 0 aliphatic heterocycles. The summed E-state index contributed by atoms with van der Waals surface area (Å²) in [6.07, 6.45) is 2.66. The number of rotatable bonds is 6. The SMILES string of the molecule is CCc1nsc(NC(C)CCCO)n1. The molecule has 0 aliphatic rings. The molecule has 1 heterocycles. The van der Waals surface area contributed by atoms with Crippen molar-refractivity contribution in [1.29, 1.82) is 0 Å². The highest BCUT2D eigenvalue weighted by molar-refractivity contribution is 7.09. The maximum Gasteiger partial charge on any atom is 0.202 e. The Balaban J connectivity index is 2.35. The first-order valence-corrected chi connectivity index (χ1v) is 5.73. The van der Waals surface area contributed by atoms with Gasteiger partial charge in [-0.25, -0.2) is 4.98 Å². The molecule has 14 heavy (non-hydrogen) atoms. The number of anilines is 1. The van der Waals surface area contributed by atoms with Crippen molar-refractivity contribution in [1.82, 2.24) is 9.36 Å².